The number of nitrogens with one attached hydrogen (secondary N) is 2. The number of thioether (sulfide) groups is 1. The van der Waals surface area contributed by atoms with Crippen LogP contribution >= 0.6 is 23.4 Å². The highest BCUT2D eigenvalue weighted by Crippen LogP contribution is 2.24. The highest BCUT2D eigenvalue weighted by atomic mass is 35.5. The zero-order valence-corrected chi connectivity index (χ0v) is 18.3. The quantitative estimate of drug-likeness (QED) is 0.510. The standard InChI is InChI=1S/C21H22ClN5O2S/c1-3-27-18(12-19(28)23-15-8-5-4-6-9-15)25-26-21(27)30-13-20(29)24-17-11-7-10-16(22)14(17)2/h4-11H,3,12-13H2,1-2H3,(H,23,28)(H,24,29). The Morgan fingerprint density at radius 1 is 1.03 bits per heavy atom. The van der Waals surface area contributed by atoms with E-state index in [2.05, 4.69) is 20.8 Å². The molecule has 0 atom stereocenters. The summed E-state index contributed by atoms with van der Waals surface area (Å²) in [6, 6.07) is 14.6. The van der Waals surface area contributed by atoms with Crippen LogP contribution in [0.5, 0.6) is 0 Å². The van der Waals surface area contributed by atoms with Crippen molar-refractivity contribution in [1.82, 2.24) is 14.8 Å². The first-order valence-electron chi connectivity index (χ1n) is 9.42. The fourth-order valence-electron chi connectivity index (χ4n) is 2.80. The Morgan fingerprint density at radius 3 is 2.53 bits per heavy atom. The van der Waals surface area contributed by atoms with Gasteiger partial charge in [-0.05, 0) is 43.7 Å². The van der Waals surface area contributed by atoms with Crippen molar-refractivity contribution in [2.75, 3.05) is 16.4 Å². The van der Waals surface area contributed by atoms with Crippen LogP contribution in [0.25, 0.3) is 0 Å². The van der Waals surface area contributed by atoms with E-state index in [-0.39, 0.29) is 24.0 Å². The largest absolute Gasteiger partial charge is 0.326 e. The maximum absolute atomic E-state index is 12.3. The number of hydrogen-bond acceptors (Lipinski definition) is 5. The molecule has 0 fully saturated rings. The van der Waals surface area contributed by atoms with E-state index in [1.165, 1.54) is 11.8 Å². The number of carbonyl (C=O) groups excluding carboxylic acids is 2. The van der Waals surface area contributed by atoms with Gasteiger partial charge in [0.1, 0.15) is 5.82 Å². The second kappa shape index (κ2) is 10.3. The van der Waals surface area contributed by atoms with Crippen LogP contribution in [-0.4, -0.2) is 32.3 Å². The monoisotopic (exact) mass is 443 g/mol. The zero-order valence-electron chi connectivity index (χ0n) is 16.7. The molecular weight excluding hydrogens is 422 g/mol. The maximum atomic E-state index is 12.3. The molecule has 2 amide bonds. The Balaban J connectivity index is 1.59. The van der Waals surface area contributed by atoms with E-state index in [4.69, 9.17) is 11.6 Å². The first-order valence-corrected chi connectivity index (χ1v) is 10.8. The summed E-state index contributed by atoms with van der Waals surface area (Å²) in [7, 11) is 0. The molecule has 2 aromatic carbocycles. The molecule has 1 heterocycles. The molecule has 0 aliphatic carbocycles. The summed E-state index contributed by atoms with van der Waals surface area (Å²) in [6.07, 6.45) is 0.101. The smallest absolute Gasteiger partial charge is 0.234 e. The fraction of sp³-hybridized carbons (Fsp3) is 0.238. The maximum Gasteiger partial charge on any atom is 0.234 e. The normalized spacial score (nSPS) is 10.6. The fourth-order valence-corrected chi connectivity index (χ4v) is 3.80. The predicted molar refractivity (Wildman–Crippen MR) is 120 cm³/mol. The highest BCUT2D eigenvalue weighted by Gasteiger charge is 2.16. The molecule has 3 rings (SSSR count). The third-order valence-corrected chi connectivity index (χ3v) is 5.74. The lowest BCUT2D eigenvalue weighted by Gasteiger charge is -2.10. The second-order valence-corrected chi connectivity index (χ2v) is 7.83. The average Bonchev–Trinajstić information content (AvgIpc) is 3.12. The minimum atomic E-state index is -0.172. The summed E-state index contributed by atoms with van der Waals surface area (Å²) in [5.74, 6) is 0.383. The molecule has 0 bridgehead atoms. The molecule has 2 N–H and O–H groups in total. The van der Waals surface area contributed by atoms with E-state index in [1.54, 1.807) is 12.1 Å². The van der Waals surface area contributed by atoms with Crippen LogP contribution in [0.4, 0.5) is 11.4 Å². The zero-order chi connectivity index (χ0) is 21.5. The minimum Gasteiger partial charge on any atom is -0.326 e. The molecular formula is C21H22ClN5O2S. The number of rotatable bonds is 8. The van der Waals surface area contributed by atoms with Crippen LogP contribution < -0.4 is 10.6 Å². The third-order valence-electron chi connectivity index (χ3n) is 4.36. The molecule has 0 unspecified atom stereocenters. The number of amides is 2. The SMILES string of the molecule is CCn1c(CC(=O)Nc2ccccc2)nnc1SCC(=O)Nc1cccc(Cl)c1C. The molecule has 0 saturated heterocycles. The lowest BCUT2D eigenvalue weighted by Crippen LogP contribution is -2.18. The van der Waals surface area contributed by atoms with Gasteiger partial charge < -0.3 is 15.2 Å². The topological polar surface area (TPSA) is 88.9 Å². The van der Waals surface area contributed by atoms with E-state index >= 15 is 0 Å². The van der Waals surface area contributed by atoms with E-state index in [0.717, 1.165) is 11.3 Å². The van der Waals surface area contributed by atoms with Crippen molar-refractivity contribution in [3.8, 4) is 0 Å². The van der Waals surface area contributed by atoms with Crippen LogP contribution in [-0.2, 0) is 22.6 Å². The van der Waals surface area contributed by atoms with E-state index in [1.807, 2.05) is 54.8 Å². The van der Waals surface area contributed by atoms with Gasteiger partial charge in [0, 0.05) is 22.9 Å². The Bertz CT molecular complexity index is 1040. The van der Waals surface area contributed by atoms with Crippen molar-refractivity contribution in [2.24, 2.45) is 0 Å². The van der Waals surface area contributed by atoms with Gasteiger partial charge >= 0.3 is 0 Å². The van der Waals surface area contributed by atoms with Gasteiger partial charge in [-0.25, -0.2) is 0 Å². The molecule has 0 saturated carbocycles. The first kappa shape index (κ1) is 21.9. The molecule has 0 aliphatic heterocycles. The molecule has 30 heavy (non-hydrogen) atoms. The lowest BCUT2D eigenvalue weighted by molar-refractivity contribution is -0.116. The summed E-state index contributed by atoms with van der Waals surface area (Å²) < 4.78 is 1.84. The summed E-state index contributed by atoms with van der Waals surface area (Å²) in [6.45, 7) is 4.39. The molecule has 3 aromatic rings. The van der Waals surface area contributed by atoms with Gasteiger partial charge in [-0.15, -0.1) is 10.2 Å². The van der Waals surface area contributed by atoms with Crippen molar-refractivity contribution < 1.29 is 9.59 Å². The van der Waals surface area contributed by atoms with E-state index < -0.39 is 0 Å². The summed E-state index contributed by atoms with van der Waals surface area (Å²) >= 11 is 7.37. The average molecular weight is 444 g/mol. The Morgan fingerprint density at radius 2 is 1.80 bits per heavy atom. The number of aromatic nitrogens is 3. The van der Waals surface area contributed by atoms with Crippen molar-refractivity contribution in [3.05, 3.63) is 64.9 Å². The van der Waals surface area contributed by atoms with Crippen LogP contribution in [0.2, 0.25) is 5.02 Å². The van der Waals surface area contributed by atoms with Gasteiger partial charge in [0.05, 0.1) is 12.2 Å². The number of carbonyl (C=O) groups is 2. The number of anilines is 2. The first-order chi connectivity index (χ1) is 14.5. The Hall–Kier alpha value is -2.84. The number of halogens is 1. The molecule has 9 heteroatoms. The van der Waals surface area contributed by atoms with Crippen LogP contribution in [0.15, 0.2) is 53.7 Å². The molecule has 0 spiro atoms. The van der Waals surface area contributed by atoms with Crippen LogP contribution in [0.1, 0.15) is 18.3 Å². The van der Waals surface area contributed by atoms with Crippen LogP contribution in [0, 0.1) is 6.92 Å². The molecule has 0 aliphatic rings. The summed E-state index contributed by atoms with van der Waals surface area (Å²) in [5, 5.41) is 15.2. The van der Waals surface area contributed by atoms with Gasteiger partial charge in [-0.3, -0.25) is 9.59 Å². The minimum absolute atomic E-state index is 0.101. The Kier molecular flexibility index (Phi) is 7.48. The summed E-state index contributed by atoms with van der Waals surface area (Å²) in [5.41, 5.74) is 2.23. The third kappa shape index (κ3) is 5.61. The van der Waals surface area contributed by atoms with Crippen molar-refractivity contribution >= 4 is 46.6 Å². The lowest BCUT2D eigenvalue weighted by atomic mass is 10.2. The van der Waals surface area contributed by atoms with Gasteiger partial charge in [0.25, 0.3) is 0 Å². The molecule has 1 aromatic heterocycles. The van der Waals surface area contributed by atoms with Gasteiger partial charge in [0.15, 0.2) is 5.16 Å². The van der Waals surface area contributed by atoms with Gasteiger partial charge in [-0.2, -0.15) is 0 Å². The second-order valence-electron chi connectivity index (χ2n) is 6.48. The van der Waals surface area contributed by atoms with Gasteiger partial charge in [0.2, 0.25) is 11.8 Å². The molecule has 7 nitrogen and oxygen atoms in total. The van der Waals surface area contributed by atoms with Crippen molar-refractivity contribution in [2.45, 2.75) is 32.0 Å². The number of benzene rings is 2. The van der Waals surface area contributed by atoms with Crippen molar-refractivity contribution in [3.63, 3.8) is 0 Å². The summed E-state index contributed by atoms with van der Waals surface area (Å²) in [4.78, 5) is 24.7. The Labute approximate surface area is 184 Å². The number of nitrogens with zero attached hydrogens (tertiary/aromatic N) is 3. The number of para-hydroxylation sites is 1. The predicted octanol–water partition coefficient (Wildman–Crippen LogP) is 4.17. The van der Waals surface area contributed by atoms with Crippen molar-refractivity contribution in [1.29, 1.82) is 0 Å². The van der Waals surface area contributed by atoms with E-state index in [9.17, 15) is 9.59 Å². The van der Waals surface area contributed by atoms with Crippen LogP contribution in [0.3, 0.4) is 0 Å². The van der Waals surface area contributed by atoms with E-state index in [0.29, 0.717) is 28.2 Å². The highest BCUT2D eigenvalue weighted by molar-refractivity contribution is 7.99. The molecule has 0 radical (unpaired) electrons. The number of hydrogen-bond donors (Lipinski definition) is 2. The van der Waals surface area contributed by atoms with Gasteiger partial charge in [-0.1, -0.05) is 47.6 Å². The molecule has 156 valence electrons.